The van der Waals surface area contributed by atoms with Crippen LogP contribution in [0.15, 0.2) is 18.2 Å². The van der Waals surface area contributed by atoms with E-state index in [9.17, 15) is 4.79 Å². The zero-order valence-electron chi connectivity index (χ0n) is 13.6. The van der Waals surface area contributed by atoms with E-state index in [4.69, 9.17) is 15.2 Å². The zero-order valence-corrected chi connectivity index (χ0v) is 13.6. The Morgan fingerprint density at radius 1 is 1.27 bits per heavy atom. The van der Waals surface area contributed by atoms with Crippen LogP contribution in [-0.2, 0) is 4.74 Å². The number of anilines is 1. The minimum absolute atomic E-state index is 0.0597. The highest BCUT2D eigenvalue weighted by Crippen LogP contribution is 2.25. The van der Waals surface area contributed by atoms with Crippen molar-refractivity contribution in [2.24, 2.45) is 5.92 Å². The van der Waals surface area contributed by atoms with Crippen molar-refractivity contribution >= 4 is 11.7 Å². The average Bonchev–Trinajstić information content (AvgIpc) is 2.49. The molecule has 2 rings (SSSR count). The van der Waals surface area contributed by atoms with Gasteiger partial charge in [0.1, 0.15) is 11.9 Å². The van der Waals surface area contributed by atoms with E-state index in [1.165, 1.54) is 6.42 Å². The van der Waals surface area contributed by atoms with E-state index < -0.39 is 0 Å². The molecule has 1 aromatic rings. The lowest BCUT2D eigenvalue weighted by atomic mass is 9.98. The molecule has 1 aliphatic carbocycles. The van der Waals surface area contributed by atoms with Crippen molar-refractivity contribution in [2.75, 3.05) is 12.3 Å². The molecular weight excluding hydrogens is 278 g/mol. The molecule has 0 saturated heterocycles. The Bertz CT molecular complexity index is 493. The molecule has 0 atom stereocenters. The second-order valence-corrected chi connectivity index (χ2v) is 6.45. The number of carbonyl (C=O) groups is 1. The molecule has 0 spiro atoms. The second kappa shape index (κ2) is 8.06. The Hall–Kier alpha value is -1.71. The zero-order chi connectivity index (χ0) is 15.9. The summed E-state index contributed by atoms with van der Waals surface area (Å²) in [5, 5.41) is 0. The number of hydrogen-bond donors (Lipinski definition) is 1. The molecule has 1 aliphatic rings. The first kappa shape index (κ1) is 16.7. The first-order chi connectivity index (χ1) is 10.6. The Morgan fingerprint density at radius 3 is 2.64 bits per heavy atom. The number of rotatable bonds is 6. The third-order valence-electron chi connectivity index (χ3n) is 4.02. The van der Waals surface area contributed by atoms with Crippen molar-refractivity contribution in [3.05, 3.63) is 23.8 Å². The summed E-state index contributed by atoms with van der Waals surface area (Å²) < 4.78 is 11.2. The van der Waals surface area contributed by atoms with Crippen LogP contribution in [0.25, 0.3) is 0 Å². The van der Waals surface area contributed by atoms with E-state index in [0.29, 0.717) is 29.5 Å². The summed E-state index contributed by atoms with van der Waals surface area (Å²) in [7, 11) is 0. The van der Waals surface area contributed by atoms with Gasteiger partial charge in [-0.15, -0.1) is 0 Å². The van der Waals surface area contributed by atoms with Crippen molar-refractivity contribution in [3.8, 4) is 5.75 Å². The van der Waals surface area contributed by atoms with E-state index in [1.807, 2.05) is 0 Å². The van der Waals surface area contributed by atoms with Crippen LogP contribution in [0.3, 0.4) is 0 Å². The summed E-state index contributed by atoms with van der Waals surface area (Å²) in [6.45, 7) is 4.93. The number of carbonyl (C=O) groups excluding carboxylic acids is 1. The molecule has 0 bridgehead atoms. The smallest absolute Gasteiger partial charge is 0.338 e. The van der Waals surface area contributed by atoms with Gasteiger partial charge in [0, 0.05) is 0 Å². The minimum Gasteiger partial charge on any atom is -0.491 e. The molecule has 4 heteroatoms. The summed E-state index contributed by atoms with van der Waals surface area (Å²) in [5.41, 5.74) is 6.96. The topological polar surface area (TPSA) is 61.5 Å². The monoisotopic (exact) mass is 305 g/mol. The Morgan fingerprint density at radius 2 is 2.00 bits per heavy atom. The molecule has 1 fully saturated rings. The van der Waals surface area contributed by atoms with Gasteiger partial charge in [-0.25, -0.2) is 4.79 Å². The molecule has 0 unspecified atom stereocenters. The number of hydrogen-bond acceptors (Lipinski definition) is 4. The molecule has 1 aromatic carbocycles. The third-order valence-corrected chi connectivity index (χ3v) is 4.02. The lowest BCUT2D eigenvalue weighted by Crippen LogP contribution is -2.21. The molecule has 122 valence electrons. The fourth-order valence-electron chi connectivity index (χ4n) is 2.61. The molecule has 4 nitrogen and oxygen atoms in total. The first-order valence-electron chi connectivity index (χ1n) is 8.29. The number of nitrogens with two attached hydrogens (primary N) is 1. The van der Waals surface area contributed by atoms with Crippen molar-refractivity contribution in [1.82, 2.24) is 0 Å². The largest absolute Gasteiger partial charge is 0.491 e. The van der Waals surface area contributed by atoms with Crippen LogP contribution in [0.1, 0.15) is 62.7 Å². The van der Waals surface area contributed by atoms with Crippen LogP contribution in [0.4, 0.5) is 5.69 Å². The second-order valence-electron chi connectivity index (χ2n) is 6.45. The first-order valence-corrected chi connectivity index (χ1v) is 8.29. The molecule has 0 aromatic heterocycles. The van der Waals surface area contributed by atoms with Crippen molar-refractivity contribution in [1.29, 1.82) is 0 Å². The Labute approximate surface area is 133 Å². The highest BCUT2D eigenvalue weighted by Gasteiger charge is 2.19. The van der Waals surface area contributed by atoms with Crippen molar-refractivity contribution < 1.29 is 14.3 Å². The number of ether oxygens (including phenoxy) is 2. The van der Waals surface area contributed by atoms with Gasteiger partial charge in [0.25, 0.3) is 0 Å². The van der Waals surface area contributed by atoms with Gasteiger partial charge in [-0.05, 0) is 56.2 Å². The van der Waals surface area contributed by atoms with Crippen LogP contribution in [0.2, 0.25) is 0 Å². The predicted molar refractivity (Wildman–Crippen MR) is 88.1 cm³/mol. The maximum Gasteiger partial charge on any atom is 0.338 e. The van der Waals surface area contributed by atoms with Crippen LogP contribution in [0.5, 0.6) is 5.75 Å². The van der Waals surface area contributed by atoms with E-state index in [0.717, 1.165) is 32.1 Å². The molecule has 0 heterocycles. The third kappa shape index (κ3) is 4.93. The van der Waals surface area contributed by atoms with Gasteiger partial charge in [-0.2, -0.15) is 0 Å². The van der Waals surface area contributed by atoms with Gasteiger partial charge in [-0.1, -0.05) is 20.3 Å². The Kier molecular flexibility index (Phi) is 6.10. The summed E-state index contributed by atoms with van der Waals surface area (Å²) in [6, 6.07) is 5.13. The van der Waals surface area contributed by atoms with Crippen LogP contribution >= 0.6 is 0 Å². The number of esters is 1. The molecule has 2 N–H and O–H groups in total. The van der Waals surface area contributed by atoms with Gasteiger partial charge >= 0.3 is 5.97 Å². The summed E-state index contributed by atoms with van der Waals surface area (Å²) >= 11 is 0. The average molecular weight is 305 g/mol. The minimum atomic E-state index is -0.285. The fraction of sp³-hybridized carbons (Fsp3) is 0.611. The van der Waals surface area contributed by atoms with Gasteiger partial charge in [0.05, 0.1) is 17.9 Å². The molecular formula is C18H27NO3. The summed E-state index contributed by atoms with van der Waals surface area (Å²) in [6.07, 6.45) is 6.50. The van der Waals surface area contributed by atoms with Gasteiger partial charge in [-0.3, -0.25) is 0 Å². The predicted octanol–water partition coefficient (Wildman–Crippen LogP) is 4.18. The lowest BCUT2D eigenvalue weighted by Gasteiger charge is -2.22. The highest BCUT2D eigenvalue weighted by atomic mass is 16.5. The fourth-order valence-corrected chi connectivity index (χ4v) is 2.61. The van der Waals surface area contributed by atoms with Crippen molar-refractivity contribution in [3.63, 3.8) is 0 Å². The van der Waals surface area contributed by atoms with Crippen LogP contribution in [0, 0.1) is 5.92 Å². The SMILES string of the molecule is CC(C)CCOc1ccc(C(=O)OC2CCCCC2)cc1N. The van der Waals surface area contributed by atoms with Gasteiger partial charge in [0.15, 0.2) is 0 Å². The quantitative estimate of drug-likeness (QED) is 0.632. The highest BCUT2D eigenvalue weighted by molar-refractivity contribution is 5.91. The molecule has 0 aliphatic heterocycles. The normalized spacial score (nSPS) is 15.8. The van der Waals surface area contributed by atoms with Crippen molar-refractivity contribution in [2.45, 2.75) is 58.5 Å². The van der Waals surface area contributed by atoms with E-state index in [1.54, 1.807) is 18.2 Å². The van der Waals surface area contributed by atoms with Crippen LogP contribution < -0.4 is 10.5 Å². The standard InChI is InChI=1S/C18H27NO3/c1-13(2)10-11-21-17-9-8-14(12-16(17)19)18(20)22-15-6-4-3-5-7-15/h8-9,12-13,15H,3-7,10-11,19H2,1-2H3. The van der Waals surface area contributed by atoms with Gasteiger partial charge in [0.2, 0.25) is 0 Å². The molecule has 0 radical (unpaired) electrons. The maximum absolute atomic E-state index is 12.2. The number of benzene rings is 1. The van der Waals surface area contributed by atoms with E-state index >= 15 is 0 Å². The summed E-state index contributed by atoms with van der Waals surface area (Å²) in [4.78, 5) is 12.2. The summed E-state index contributed by atoms with van der Waals surface area (Å²) in [5.74, 6) is 0.938. The molecule has 0 amide bonds. The van der Waals surface area contributed by atoms with E-state index in [2.05, 4.69) is 13.8 Å². The lowest BCUT2D eigenvalue weighted by molar-refractivity contribution is 0.0211. The van der Waals surface area contributed by atoms with E-state index in [-0.39, 0.29) is 12.1 Å². The van der Waals surface area contributed by atoms with Crippen LogP contribution in [-0.4, -0.2) is 18.7 Å². The Balaban J connectivity index is 1.91. The maximum atomic E-state index is 12.2. The number of nitrogen functional groups attached to an aromatic ring is 1. The molecule has 22 heavy (non-hydrogen) atoms. The molecule has 1 saturated carbocycles. The van der Waals surface area contributed by atoms with Gasteiger partial charge < -0.3 is 15.2 Å².